The Bertz CT molecular complexity index is 436. The first-order chi connectivity index (χ1) is 9.15. The molecule has 0 unspecified atom stereocenters. The van der Waals surface area contributed by atoms with Gasteiger partial charge in [-0.15, -0.1) is 0 Å². The quantitative estimate of drug-likeness (QED) is 0.762. The van der Waals surface area contributed by atoms with Gasteiger partial charge < -0.3 is 10.6 Å². The fraction of sp³-hybridized carbons (Fsp3) is 0.429. The maximum atomic E-state index is 11.8. The van der Waals surface area contributed by atoms with Crippen molar-refractivity contribution in [3.05, 3.63) is 29.8 Å². The normalized spacial score (nSPS) is 10.2. The molecule has 0 aromatic heterocycles. The van der Waals surface area contributed by atoms with Crippen LogP contribution in [0.3, 0.4) is 0 Å². The van der Waals surface area contributed by atoms with E-state index in [9.17, 15) is 4.79 Å². The highest BCUT2D eigenvalue weighted by molar-refractivity contribution is 5.92. The summed E-state index contributed by atoms with van der Waals surface area (Å²) < 4.78 is 0. The highest BCUT2D eigenvalue weighted by Gasteiger charge is 2.06. The molecule has 19 heavy (non-hydrogen) atoms. The molecule has 0 heterocycles. The monoisotopic (exact) mass is 260 g/mol. The molecule has 2 N–H and O–H groups in total. The first kappa shape index (κ1) is 15.2. The molecule has 0 atom stereocenters. The number of benzene rings is 1. The Balaban J connectivity index is 2.41. The Morgan fingerprint density at radius 1 is 1.37 bits per heavy atom. The molecule has 0 bridgehead atoms. The van der Waals surface area contributed by atoms with E-state index in [1.165, 1.54) is 0 Å². The molecular formula is C14H20N4O. The number of nitrogens with one attached hydrogen (secondary N) is 2. The standard InChI is InChI=1S/C14H20N4O/c1-16-9-10-18(2)11-14(19)17-13-5-3-12(4-6-13)7-8-15/h3-6,16H,7,9-11H2,1-2H3,(H,17,19). The van der Waals surface area contributed by atoms with E-state index in [4.69, 9.17) is 5.26 Å². The molecule has 1 amide bonds. The van der Waals surface area contributed by atoms with Gasteiger partial charge >= 0.3 is 0 Å². The SMILES string of the molecule is CNCCN(C)CC(=O)Nc1ccc(CC#N)cc1. The Kier molecular flexibility index (Phi) is 6.58. The topological polar surface area (TPSA) is 68.2 Å². The van der Waals surface area contributed by atoms with E-state index < -0.39 is 0 Å². The van der Waals surface area contributed by atoms with Crippen LogP contribution in [0.2, 0.25) is 0 Å². The summed E-state index contributed by atoms with van der Waals surface area (Å²) in [5, 5.41) is 14.4. The summed E-state index contributed by atoms with van der Waals surface area (Å²) in [7, 11) is 3.80. The highest BCUT2D eigenvalue weighted by Crippen LogP contribution is 2.09. The van der Waals surface area contributed by atoms with Crippen molar-refractivity contribution in [1.29, 1.82) is 5.26 Å². The third kappa shape index (κ3) is 6.00. The highest BCUT2D eigenvalue weighted by atomic mass is 16.2. The van der Waals surface area contributed by atoms with E-state index in [1.807, 2.05) is 43.3 Å². The second kappa shape index (κ2) is 8.25. The fourth-order valence-electron chi connectivity index (χ4n) is 1.62. The first-order valence-electron chi connectivity index (χ1n) is 6.24. The van der Waals surface area contributed by atoms with Gasteiger partial charge in [0.2, 0.25) is 5.91 Å². The van der Waals surface area contributed by atoms with Crippen molar-refractivity contribution in [2.24, 2.45) is 0 Å². The number of carbonyl (C=O) groups excluding carboxylic acids is 1. The number of anilines is 1. The van der Waals surface area contributed by atoms with Gasteiger partial charge in [-0.05, 0) is 31.8 Å². The summed E-state index contributed by atoms with van der Waals surface area (Å²) in [6, 6.07) is 9.43. The molecule has 0 saturated carbocycles. The van der Waals surface area contributed by atoms with Gasteiger partial charge in [0.05, 0.1) is 19.0 Å². The minimum atomic E-state index is -0.0355. The second-order valence-corrected chi connectivity index (χ2v) is 4.42. The smallest absolute Gasteiger partial charge is 0.238 e. The average molecular weight is 260 g/mol. The Hall–Kier alpha value is -1.90. The molecular weight excluding hydrogens is 240 g/mol. The molecule has 0 spiro atoms. The molecule has 0 aliphatic rings. The molecule has 0 saturated heterocycles. The first-order valence-corrected chi connectivity index (χ1v) is 6.24. The van der Waals surface area contributed by atoms with Gasteiger partial charge in [-0.3, -0.25) is 9.69 Å². The van der Waals surface area contributed by atoms with Gasteiger partial charge in [0.25, 0.3) is 0 Å². The van der Waals surface area contributed by atoms with Gasteiger partial charge in [-0.2, -0.15) is 5.26 Å². The van der Waals surface area contributed by atoms with Crippen LogP contribution in [-0.4, -0.2) is 44.5 Å². The lowest BCUT2D eigenvalue weighted by atomic mass is 10.1. The Morgan fingerprint density at radius 2 is 2.05 bits per heavy atom. The zero-order valence-electron chi connectivity index (χ0n) is 11.4. The van der Waals surface area contributed by atoms with Gasteiger partial charge in [0, 0.05) is 18.8 Å². The lowest BCUT2D eigenvalue weighted by molar-refractivity contribution is -0.117. The molecule has 0 fully saturated rings. The minimum Gasteiger partial charge on any atom is -0.325 e. The van der Waals surface area contributed by atoms with Crippen molar-refractivity contribution in [2.75, 3.05) is 39.0 Å². The third-order valence-electron chi connectivity index (χ3n) is 2.68. The van der Waals surface area contributed by atoms with Crippen LogP contribution in [0.1, 0.15) is 5.56 Å². The lowest BCUT2D eigenvalue weighted by Crippen LogP contribution is -2.34. The molecule has 0 radical (unpaired) electrons. The summed E-state index contributed by atoms with van der Waals surface area (Å²) >= 11 is 0. The number of rotatable bonds is 7. The van der Waals surface area contributed by atoms with Crippen molar-refractivity contribution in [1.82, 2.24) is 10.2 Å². The van der Waals surface area contributed by atoms with E-state index in [0.29, 0.717) is 13.0 Å². The largest absolute Gasteiger partial charge is 0.325 e. The second-order valence-electron chi connectivity index (χ2n) is 4.42. The van der Waals surface area contributed by atoms with Crippen LogP contribution in [-0.2, 0) is 11.2 Å². The van der Waals surface area contributed by atoms with Crippen molar-refractivity contribution in [3.8, 4) is 6.07 Å². The maximum absolute atomic E-state index is 11.8. The van der Waals surface area contributed by atoms with E-state index in [-0.39, 0.29) is 5.91 Å². The minimum absolute atomic E-state index is 0.0355. The van der Waals surface area contributed by atoms with Crippen LogP contribution in [0.5, 0.6) is 0 Å². The average Bonchev–Trinajstić information content (AvgIpc) is 2.39. The predicted molar refractivity (Wildman–Crippen MR) is 75.8 cm³/mol. The number of likely N-dealkylation sites (N-methyl/N-ethyl adjacent to an activating group) is 2. The van der Waals surface area contributed by atoms with Crippen LogP contribution in [0.15, 0.2) is 24.3 Å². The van der Waals surface area contributed by atoms with Crippen molar-refractivity contribution in [3.63, 3.8) is 0 Å². The summed E-state index contributed by atoms with van der Waals surface area (Å²) in [6.45, 7) is 2.04. The zero-order chi connectivity index (χ0) is 14.1. The lowest BCUT2D eigenvalue weighted by Gasteiger charge is -2.15. The van der Waals surface area contributed by atoms with Crippen LogP contribution in [0.4, 0.5) is 5.69 Å². The van der Waals surface area contributed by atoms with E-state index in [2.05, 4.69) is 16.7 Å². The predicted octanol–water partition coefficient (Wildman–Crippen LogP) is 0.842. The van der Waals surface area contributed by atoms with Gasteiger partial charge in [0.1, 0.15) is 0 Å². The number of nitrogens with zero attached hydrogens (tertiary/aromatic N) is 2. The zero-order valence-corrected chi connectivity index (χ0v) is 11.4. The van der Waals surface area contributed by atoms with Crippen LogP contribution < -0.4 is 10.6 Å². The van der Waals surface area contributed by atoms with Crippen LogP contribution >= 0.6 is 0 Å². The molecule has 5 heteroatoms. The Labute approximate surface area is 114 Å². The van der Waals surface area contributed by atoms with Crippen molar-refractivity contribution in [2.45, 2.75) is 6.42 Å². The fourth-order valence-corrected chi connectivity index (χ4v) is 1.62. The molecule has 102 valence electrons. The van der Waals surface area contributed by atoms with Crippen LogP contribution in [0.25, 0.3) is 0 Å². The molecule has 0 aliphatic carbocycles. The van der Waals surface area contributed by atoms with Gasteiger partial charge in [-0.25, -0.2) is 0 Å². The van der Waals surface area contributed by atoms with E-state index in [1.54, 1.807) is 0 Å². The summed E-state index contributed by atoms with van der Waals surface area (Å²) in [5.74, 6) is -0.0355. The number of nitriles is 1. The number of hydrogen-bond acceptors (Lipinski definition) is 4. The van der Waals surface area contributed by atoms with Gasteiger partial charge in [-0.1, -0.05) is 12.1 Å². The van der Waals surface area contributed by atoms with Crippen LogP contribution in [0, 0.1) is 11.3 Å². The van der Waals surface area contributed by atoms with Crippen molar-refractivity contribution >= 4 is 11.6 Å². The molecule has 1 rings (SSSR count). The maximum Gasteiger partial charge on any atom is 0.238 e. The summed E-state index contributed by atoms with van der Waals surface area (Å²) in [5.41, 5.74) is 1.71. The third-order valence-corrected chi connectivity index (χ3v) is 2.68. The number of carbonyl (C=O) groups is 1. The molecule has 1 aromatic carbocycles. The summed E-state index contributed by atoms with van der Waals surface area (Å²) in [6.07, 6.45) is 0.390. The molecule has 1 aromatic rings. The number of amides is 1. The Morgan fingerprint density at radius 3 is 2.63 bits per heavy atom. The van der Waals surface area contributed by atoms with Gasteiger partial charge in [0.15, 0.2) is 0 Å². The van der Waals surface area contributed by atoms with E-state index in [0.717, 1.165) is 24.3 Å². The molecule has 0 aliphatic heterocycles. The number of hydrogen-bond donors (Lipinski definition) is 2. The summed E-state index contributed by atoms with van der Waals surface area (Å²) in [4.78, 5) is 13.7. The molecule has 5 nitrogen and oxygen atoms in total. The van der Waals surface area contributed by atoms with Crippen molar-refractivity contribution < 1.29 is 4.79 Å². The van der Waals surface area contributed by atoms with E-state index >= 15 is 0 Å².